The number of halogens is 1. The summed E-state index contributed by atoms with van der Waals surface area (Å²) in [6.45, 7) is 0. The second-order valence-corrected chi connectivity index (χ2v) is 6.00. The van der Waals surface area contributed by atoms with Crippen LogP contribution in [0.5, 0.6) is 5.75 Å². The normalized spacial score (nSPS) is 19.5. The first kappa shape index (κ1) is 17.3. The molecular formula is C18H16ClNO5. The van der Waals surface area contributed by atoms with Crippen molar-refractivity contribution in [3.63, 3.8) is 0 Å². The van der Waals surface area contributed by atoms with E-state index in [2.05, 4.69) is 5.32 Å². The van der Waals surface area contributed by atoms with Gasteiger partial charge >= 0.3 is 5.97 Å². The van der Waals surface area contributed by atoms with E-state index in [-0.39, 0.29) is 0 Å². The Bertz CT molecular complexity index is 823. The Hall–Kier alpha value is -2.57. The Morgan fingerprint density at radius 2 is 2.04 bits per heavy atom. The maximum atomic E-state index is 12.4. The van der Waals surface area contributed by atoms with E-state index in [0.717, 1.165) is 0 Å². The van der Waals surface area contributed by atoms with Crippen molar-refractivity contribution >= 4 is 29.2 Å². The lowest BCUT2D eigenvalue weighted by Crippen LogP contribution is -2.31. The highest BCUT2D eigenvalue weighted by molar-refractivity contribution is 6.30. The molecule has 2 unspecified atom stereocenters. The predicted molar refractivity (Wildman–Crippen MR) is 92.0 cm³/mol. The minimum atomic E-state index is -1.14. The highest BCUT2D eigenvalue weighted by atomic mass is 35.5. The summed E-state index contributed by atoms with van der Waals surface area (Å²) >= 11 is 6.12. The number of nitrogens with one attached hydrogen (secondary N) is 1. The number of carboxylic acids is 1. The van der Waals surface area contributed by atoms with Crippen LogP contribution in [0.1, 0.15) is 23.7 Å². The number of carbonyl (C=O) groups is 2. The molecule has 2 aromatic rings. The van der Waals surface area contributed by atoms with Crippen LogP contribution < -0.4 is 10.1 Å². The summed E-state index contributed by atoms with van der Waals surface area (Å²) in [5.74, 6) is -1.06. The quantitative estimate of drug-likeness (QED) is 0.873. The van der Waals surface area contributed by atoms with Crippen LogP contribution >= 0.6 is 11.6 Å². The van der Waals surface area contributed by atoms with E-state index in [9.17, 15) is 9.59 Å². The van der Waals surface area contributed by atoms with E-state index in [1.807, 2.05) is 18.2 Å². The third-order valence-electron chi connectivity index (χ3n) is 3.93. The van der Waals surface area contributed by atoms with Crippen molar-refractivity contribution in [1.29, 1.82) is 0 Å². The first-order valence-electron chi connectivity index (χ1n) is 7.60. The molecule has 2 N–H and O–H groups in total. The lowest BCUT2D eigenvalue weighted by atomic mass is 9.99. The van der Waals surface area contributed by atoms with Gasteiger partial charge in [0.25, 0.3) is 5.91 Å². The van der Waals surface area contributed by atoms with E-state index in [1.54, 1.807) is 24.3 Å². The molecule has 1 heterocycles. The molecule has 3 rings (SSSR count). The Labute approximate surface area is 149 Å². The molecule has 0 aliphatic carbocycles. The largest absolute Gasteiger partial charge is 0.496 e. The number of fused-ring (bicyclic) bond motifs is 1. The summed E-state index contributed by atoms with van der Waals surface area (Å²) in [6, 6.07) is 12.2. The van der Waals surface area contributed by atoms with Crippen molar-refractivity contribution in [2.75, 3.05) is 12.4 Å². The number of ether oxygens (including phenoxy) is 2. The van der Waals surface area contributed by atoms with Gasteiger partial charge in [0, 0.05) is 21.8 Å². The zero-order chi connectivity index (χ0) is 18.0. The Balaban J connectivity index is 2.13. The molecule has 1 aliphatic heterocycles. The summed E-state index contributed by atoms with van der Waals surface area (Å²) in [5, 5.41) is 12.3. The van der Waals surface area contributed by atoms with Gasteiger partial charge in [-0.1, -0.05) is 29.8 Å². The minimum absolute atomic E-state index is 0.445. The summed E-state index contributed by atoms with van der Waals surface area (Å²) in [4.78, 5) is 23.5. The van der Waals surface area contributed by atoms with E-state index in [4.69, 9.17) is 26.2 Å². The first-order chi connectivity index (χ1) is 12.0. The zero-order valence-corrected chi connectivity index (χ0v) is 14.1. The van der Waals surface area contributed by atoms with Crippen LogP contribution in [-0.2, 0) is 14.3 Å². The van der Waals surface area contributed by atoms with Crippen LogP contribution in [-0.4, -0.2) is 30.2 Å². The average Bonchev–Trinajstić information content (AvgIpc) is 2.71. The molecule has 2 aromatic carbocycles. The monoisotopic (exact) mass is 361 g/mol. The molecule has 0 saturated heterocycles. The van der Waals surface area contributed by atoms with Crippen LogP contribution in [0, 0.1) is 0 Å². The van der Waals surface area contributed by atoms with E-state index in [1.165, 1.54) is 7.11 Å². The number of para-hydroxylation sites is 1. The molecule has 1 aliphatic rings. The van der Waals surface area contributed by atoms with Gasteiger partial charge in [0.1, 0.15) is 18.0 Å². The highest BCUT2D eigenvalue weighted by Crippen LogP contribution is 2.40. The fourth-order valence-electron chi connectivity index (χ4n) is 2.80. The summed E-state index contributed by atoms with van der Waals surface area (Å²) < 4.78 is 11.3. The number of aliphatic carboxylic acids is 1. The van der Waals surface area contributed by atoms with Crippen molar-refractivity contribution in [3.8, 4) is 5.75 Å². The second kappa shape index (κ2) is 7.13. The number of rotatable bonds is 4. The maximum Gasteiger partial charge on any atom is 0.306 e. The van der Waals surface area contributed by atoms with Crippen LogP contribution in [0.15, 0.2) is 42.5 Å². The van der Waals surface area contributed by atoms with E-state index >= 15 is 0 Å². The number of amides is 1. The fraction of sp³-hybridized carbons (Fsp3) is 0.222. The average molecular weight is 362 g/mol. The van der Waals surface area contributed by atoms with Crippen molar-refractivity contribution in [2.24, 2.45) is 0 Å². The number of anilines is 1. The third-order valence-corrected chi connectivity index (χ3v) is 4.16. The second-order valence-electron chi connectivity index (χ2n) is 5.57. The molecule has 0 fully saturated rings. The third kappa shape index (κ3) is 3.60. The van der Waals surface area contributed by atoms with E-state index in [0.29, 0.717) is 27.6 Å². The van der Waals surface area contributed by atoms with Crippen LogP contribution in [0.25, 0.3) is 0 Å². The molecule has 0 spiro atoms. The summed E-state index contributed by atoms with van der Waals surface area (Å²) in [7, 11) is 1.53. The van der Waals surface area contributed by atoms with Gasteiger partial charge in [0.15, 0.2) is 0 Å². The van der Waals surface area contributed by atoms with Crippen LogP contribution in [0.4, 0.5) is 5.69 Å². The lowest BCUT2D eigenvalue weighted by Gasteiger charge is -2.22. The molecule has 130 valence electrons. The number of carbonyl (C=O) groups excluding carboxylic acids is 1. The van der Waals surface area contributed by atoms with Crippen LogP contribution in [0.2, 0.25) is 5.02 Å². The topological polar surface area (TPSA) is 84.9 Å². The molecule has 25 heavy (non-hydrogen) atoms. The van der Waals surface area contributed by atoms with Gasteiger partial charge in [-0.15, -0.1) is 0 Å². The van der Waals surface area contributed by atoms with Crippen molar-refractivity contribution in [3.05, 3.63) is 58.6 Å². The predicted octanol–water partition coefficient (Wildman–Crippen LogP) is 3.25. The standard InChI is InChI=1S/C18H16ClNO5/c1-24-14-5-3-2-4-11(14)17-12-8-10(19)6-7-13(12)20-18(23)15(25-17)9-16(21)22/h2-8,15,17H,9H2,1H3,(H,20,23)(H,21,22). The molecule has 0 bridgehead atoms. The molecule has 7 heteroatoms. The molecular weight excluding hydrogens is 346 g/mol. The van der Waals surface area contributed by atoms with Gasteiger partial charge in [0.05, 0.1) is 13.5 Å². The van der Waals surface area contributed by atoms with Gasteiger partial charge < -0.3 is 19.9 Å². The number of carboxylic acid groups (broad SMARTS) is 1. The summed E-state index contributed by atoms with van der Waals surface area (Å²) in [5.41, 5.74) is 1.84. The molecule has 1 amide bonds. The molecule has 0 aromatic heterocycles. The minimum Gasteiger partial charge on any atom is -0.496 e. The van der Waals surface area contributed by atoms with Gasteiger partial charge in [-0.25, -0.2) is 0 Å². The first-order valence-corrected chi connectivity index (χ1v) is 7.98. The Morgan fingerprint density at radius 3 is 2.76 bits per heavy atom. The molecule has 2 atom stereocenters. The zero-order valence-electron chi connectivity index (χ0n) is 13.4. The van der Waals surface area contributed by atoms with Gasteiger partial charge in [-0.05, 0) is 24.3 Å². The van der Waals surface area contributed by atoms with Crippen molar-refractivity contribution in [2.45, 2.75) is 18.6 Å². The molecule has 0 saturated carbocycles. The van der Waals surface area contributed by atoms with Crippen LogP contribution in [0.3, 0.4) is 0 Å². The number of hydrogen-bond acceptors (Lipinski definition) is 4. The highest BCUT2D eigenvalue weighted by Gasteiger charge is 2.34. The Morgan fingerprint density at radius 1 is 1.28 bits per heavy atom. The number of benzene rings is 2. The molecule has 6 nitrogen and oxygen atoms in total. The lowest BCUT2D eigenvalue weighted by molar-refractivity contribution is -0.146. The van der Waals surface area contributed by atoms with Crippen molar-refractivity contribution < 1.29 is 24.2 Å². The van der Waals surface area contributed by atoms with Gasteiger partial charge in [-0.3, -0.25) is 9.59 Å². The maximum absolute atomic E-state index is 12.4. The summed E-state index contributed by atoms with van der Waals surface area (Å²) in [6.07, 6.45) is -2.29. The van der Waals surface area contributed by atoms with E-state index < -0.39 is 30.5 Å². The molecule has 0 radical (unpaired) electrons. The number of hydrogen-bond donors (Lipinski definition) is 2. The SMILES string of the molecule is COc1ccccc1C1OC(CC(=O)O)C(=O)Nc2ccc(Cl)cc21. The fourth-order valence-corrected chi connectivity index (χ4v) is 2.98. The van der Waals surface area contributed by atoms with Gasteiger partial charge in [0.2, 0.25) is 0 Å². The van der Waals surface area contributed by atoms with Crippen molar-refractivity contribution in [1.82, 2.24) is 0 Å². The smallest absolute Gasteiger partial charge is 0.306 e. The number of methoxy groups -OCH3 is 1. The van der Waals surface area contributed by atoms with Gasteiger partial charge in [-0.2, -0.15) is 0 Å². The Kier molecular flexibility index (Phi) is 4.92.